The van der Waals surface area contributed by atoms with E-state index < -0.39 is 10.0 Å². The Bertz CT molecular complexity index is 993. The Morgan fingerprint density at radius 2 is 1.33 bits per heavy atom. The molecule has 0 spiro atoms. The monoisotopic (exact) mass is 386 g/mol. The molecule has 0 atom stereocenters. The minimum absolute atomic E-state index is 0.0472. The van der Waals surface area contributed by atoms with Gasteiger partial charge >= 0.3 is 0 Å². The summed E-state index contributed by atoms with van der Waals surface area (Å²) in [6.07, 6.45) is 2.92. The van der Waals surface area contributed by atoms with Gasteiger partial charge in [0.2, 0.25) is 11.9 Å². The van der Waals surface area contributed by atoms with Crippen LogP contribution < -0.4 is 20.7 Å². The van der Waals surface area contributed by atoms with E-state index in [1.807, 2.05) is 0 Å². The third-order valence-electron chi connectivity index (χ3n) is 3.56. The molecule has 27 heavy (non-hydrogen) atoms. The summed E-state index contributed by atoms with van der Waals surface area (Å²) in [4.78, 5) is 16.6. The molecule has 0 bridgehead atoms. The van der Waals surface area contributed by atoms with E-state index in [0.29, 0.717) is 5.69 Å². The maximum Gasteiger partial charge on any atom is 0.271 e. The van der Waals surface area contributed by atoms with Gasteiger partial charge in [0.1, 0.15) is 0 Å². The summed E-state index contributed by atoms with van der Waals surface area (Å²) in [5, 5.41) is 5.58. The van der Waals surface area contributed by atoms with Crippen molar-refractivity contribution < 1.29 is 8.42 Å². The van der Waals surface area contributed by atoms with Gasteiger partial charge in [-0.15, -0.1) is 0 Å². The SMILES string of the molecule is CNc1nccc(N(c2ccnc(NC)n2)S(=O)(=O)c2ccc(N)cc2)n1. The maximum absolute atomic E-state index is 13.4. The van der Waals surface area contributed by atoms with Crippen LogP contribution in [-0.2, 0) is 10.0 Å². The van der Waals surface area contributed by atoms with Gasteiger partial charge in [0.05, 0.1) is 4.90 Å². The van der Waals surface area contributed by atoms with Crippen molar-refractivity contribution in [2.75, 3.05) is 34.8 Å². The highest BCUT2D eigenvalue weighted by atomic mass is 32.2. The number of nitrogens with zero attached hydrogens (tertiary/aromatic N) is 5. The molecule has 0 aliphatic heterocycles. The lowest BCUT2D eigenvalue weighted by Gasteiger charge is -2.23. The van der Waals surface area contributed by atoms with Gasteiger partial charge in [0, 0.05) is 44.3 Å². The molecule has 10 nitrogen and oxygen atoms in total. The van der Waals surface area contributed by atoms with Crippen LogP contribution >= 0.6 is 0 Å². The highest BCUT2D eigenvalue weighted by molar-refractivity contribution is 7.93. The highest BCUT2D eigenvalue weighted by Crippen LogP contribution is 2.30. The van der Waals surface area contributed by atoms with Crippen LogP contribution in [-0.4, -0.2) is 42.4 Å². The van der Waals surface area contributed by atoms with Crippen molar-refractivity contribution in [2.45, 2.75) is 4.90 Å². The Balaban J connectivity index is 2.21. The second kappa shape index (κ2) is 7.41. The van der Waals surface area contributed by atoms with Gasteiger partial charge in [-0.3, -0.25) is 0 Å². The Labute approximate surface area is 156 Å². The molecule has 0 unspecified atom stereocenters. The molecule has 3 aromatic rings. The van der Waals surface area contributed by atoms with E-state index in [1.165, 1.54) is 48.8 Å². The molecule has 11 heteroatoms. The molecule has 2 heterocycles. The summed E-state index contributed by atoms with van der Waals surface area (Å²) < 4.78 is 27.8. The van der Waals surface area contributed by atoms with Crippen molar-refractivity contribution in [2.24, 2.45) is 0 Å². The molecule has 4 N–H and O–H groups in total. The molecule has 3 rings (SSSR count). The van der Waals surface area contributed by atoms with Crippen LogP contribution in [0.1, 0.15) is 0 Å². The number of sulfonamides is 1. The topological polar surface area (TPSA) is 139 Å². The lowest BCUT2D eigenvalue weighted by atomic mass is 10.3. The summed E-state index contributed by atoms with van der Waals surface area (Å²) in [5.74, 6) is 0.805. The Hall–Kier alpha value is -3.47. The molecule has 0 amide bonds. The zero-order valence-corrected chi connectivity index (χ0v) is 15.5. The number of rotatable bonds is 6. The van der Waals surface area contributed by atoms with Crippen molar-refractivity contribution in [1.29, 1.82) is 0 Å². The predicted octanol–water partition coefficient (Wildman–Crippen LogP) is 1.46. The fraction of sp³-hybridized carbons (Fsp3) is 0.125. The smallest absolute Gasteiger partial charge is 0.271 e. The lowest BCUT2D eigenvalue weighted by Crippen LogP contribution is -2.28. The molecule has 0 radical (unpaired) electrons. The minimum Gasteiger partial charge on any atom is -0.399 e. The fourth-order valence-electron chi connectivity index (χ4n) is 2.27. The Morgan fingerprint density at radius 3 is 1.78 bits per heavy atom. The van der Waals surface area contributed by atoms with Crippen LogP contribution in [0.4, 0.5) is 29.2 Å². The maximum atomic E-state index is 13.4. The summed E-state index contributed by atoms with van der Waals surface area (Å²) in [7, 11) is -0.751. The van der Waals surface area contributed by atoms with Crippen LogP contribution in [0, 0.1) is 0 Å². The van der Waals surface area contributed by atoms with Crippen LogP contribution in [0.3, 0.4) is 0 Å². The number of nitrogens with two attached hydrogens (primary N) is 1. The predicted molar refractivity (Wildman–Crippen MR) is 103 cm³/mol. The second-order valence-corrected chi connectivity index (χ2v) is 7.10. The summed E-state index contributed by atoms with van der Waals surface area (Å²) in [5.41, 5.74) is 6.14. The van der Waals surface area contributed by atoms with Gasteiger partial charge in [0.25, 0.3) is 10.0 Å². The molecule has 0 aliphatic rings. The first-order valence-corrected chi connectivity index (χ1v) is 9.32. The van der Waals surface area contributed by atoms with Crippen molar-refractivity contribution in [3.05, 3.63) is 48.8 Å². The lowest BCUT2D eigenvalue weighted by molar-refractivity contribution is 0.595. The molecule has 0 saturated carbocycles. The van der Waals surface area contributed by atoms with Crippen molar-refractivity contribution in [3.8, 4) is 0 Å². The van der Waals surface area contributed by atoms with Crippen molar-refractivity contribution in [1.82, 2.24) is 19.9 Å². The van der Waals surface area contributed by atoms with E-state index in [2.05, 4.69) is 30.6 Å². The van der Waals surface area contributed by atoms with Gasteiger partial charge in [-0.05, 0) is 24.3 Å². The molecule has 0 fully saturated rings. The summed E-state index contributed by atoms with van der Waals surface area (Å²) >= 11 is 0. The standard InChI is InChI=1S/C16H18N8O2S/c1-18-15-20-9-7-13(22-15)24(14-8-10-21-16(19-2)23-14)27(25,26)12-5-3-11(17)4-6-12/h3-10H,17H2,1-2H3,(H,18,20,22)(H,19,21,23). The normalized spacial score (nSPS) is 11.0. The third-order valence-corrected chi connectivity index (χ3v) is 5.29. The van der Waals surface area contributed by atoms with Crippen LogP contribution in [0.5, 0.6) is 0 Å². The van der Waals surface area contributed by atoms with Crippen molar-refractivity contribution >= 4 is 39.2 Å². The quantitative estimate of drug-likeness (QED) is 0.537. The average molecular weight is 386 g/mol. The van der Waals surface area contributed by atoms with E-state index in [0.717, 1.165) is 4.31 Å². The van der Waals surface area contributed by atoms with E-state index in [1.54, 1.807) is 14.1 Å². The largest absolute Gasteiger partial charge is 0.399 e. The highest BCUT2D eigenvalue weighted by Gasteiger charge is 2.29. The summed E-state index contributed by atoms with van der Waals surface area (Å²) in [6.45, 7) is 0. The number of hydrogen-bond acceptors (Lipinski definition) is 9. The van der Waals surface area contributed by atoms with Gasteiger partial charge < -0.3 is 16.4 Å². The van der Waals surface area contributed by atoms with Gasteiger partial charge in [-0.25, -0.2) is 18.4 Å². The molecule has 1 aromatic carbocycles. The Kier molecular flexibility index (Phi) is 5.03. The number of nitrogen functional groups attached to an aromatic ring is 1. The Morgan fingerprint density at radius 1 is 0.852 bits per heavy atom. The number of aromatic nitrogens is 4. The summed E-state index contributed by atoms with van der Waals surface area (Å²) in [6, 6.07) is 8.86. The number of hydrogen-bond donors (Lipinski definition) is 3. The minimum atomic E-state index is -4.03. The first-order chi connectivity index (χ1) is 13.0. The fourth-order valence-corrected chi connectivity index (χ4v) is 3.66. The van der Waals surface area contributed by atoms with E-state index >= 15 is 0 Å². The van der Waals surface area contributed by atoms with Crippen LogP contribution in [0.2, 0.25) is 0 Å². The molecular formula is C16H18N8O2S. The van der Waals surface area contributed by atoms with Gasteiger partial charge in [0.15, 0.2) is 11.6 Å². The van der Waals surface area contributed by atoms with Crippen molar-refractivity contribution in [3.63, 3.8) is 0 Å². The van der Waals surface area contributed by atoms with Gasteiger partial charge in [-0.1, -0.05) is 0 Å². The number of nitrogens with one attached hydrogen (secondary N) is 2. The van der Waals surface area contributed by atoms with Crippen LogP contribution in [0.15, 0.2) is 53.7 Å². The molecule has 140 valence electrons. The molecule has 0 saturated heterocycles. The van der Waals surface area contributed by atoms with Gasteiger partial charge in [-0.2, -0.15) is 14.3 Å². The van der Waals surface area contributed by atoms with E-state index in [9.17, 15) is 8.42 Å². The molecule has 0 aliphatic carbocycles. The van der Waals surface area contributed by atoms with E-state index in [4.69, 9.17) is 5.73 Å². The first-order valence-electron chi connectivity index (χ1n) is 7.88. The zero-order chi connectivity index (χ0) is 19.4. The van der Waals surface area contributed by atoms with E-state index in [-0.39, 0.29) is 28.4 Å². The number of anilines is 5. The zero-order valence-electron chi connectivity index (χ0n) is 14.7. The molecular weight excluding hydrogens is 368 g/mol. The second-order valence-electron chi connectivity index (χ2n) is 5.32. The average Bonchev–Trinajstić information content (AvgIpc) is 2.68. The first kappa shape index (κ1) is 18.3. The third kappa shape index (κ3) is 3.72. The number of benzene rings is 1. The van der Waals surface area contributed by atoms with Crippen LogP contribution in [0.25, 0.3) is 0 Å². The molecule has 2 aromatic heterocycles.